The lowest BCUT2D eigenvalue weighted by atomic mass is 10.1. The highest BCUT2D eigenvalue weighted by atomic mass is 16.7. The predicted octanol–water partition coefficient (Wildman–Crippen LogP) is 3.15. The Morgan fingerprint density at radius 2 is 2.15 bits per heavy atom. The maximum Gasteiger partial charge on any atom is 0.508 e. The van der Waals surface area contributed by atoms with Gasteiger partial charge < -0.3 is 9.47 Å². The largest absolute Gasteiger partial charge is 0.508 e. The number of hydrogen-bond donors (Lipinski definition) is 0. The molecule has 0 unspecified atom stereocenters. The normalized spacial score (nSPS) is 10.2. The molecule has 0 aliphatic heterocycles. The summed E-state index contributed by atoms with van der Waals surface area (Å²) in [5, 5.41) is 0. The van der Waals surface area contributed by atoms with Crippen LogP contribution in [0.15, 0.2) is 0 Å². The minimum absolute atomic E-state index is 0.441. The minimum atomic E-state index is -0.589. The van der Waals surface area contributed by atoms with Crippen LogP contribution in [0.2, 0.25) is 0 Å². The van der Waals surface area contributed by atoms with Crippen molar-refractivity contribution >= 4 is 6.16 Å². The molecule has 3 nitrogen and oxygen atoms in total. The topological polar surface area (TPSA) is 35.5 Å². The van der Waals surface area contributed by atoms with E-state index in [0.29, 0.717) is 12.5 Å². The van der Waals surface area contributed by atoms with Gasteiger partial charge >= 0.3 is 6.16 Å². The molecule has 0 amide bonds. The maximum atomic E-state index is 10.8. The lowest BCUT2D eigenvalue weighted by Crippen LogP contribution is -2.08. The molecule has 1 radical (unpaired) electrons. The van der Waals surface area contributed by atoms with Gasteiger partial charge in [-0.25, -0.2) is 4.79 Å². The van der Waals surface area contributed by atoms with Crippen molar-refractivity contribution in [3.8, 4) is 0 Å². The molecule has 13 heavy (non-hydrogen) atoms. The van der Waals surface area contributed by atoms with Crippen LogP contribution in [-0.4, -0.2) is 12.8 Å². The molecule has 0 aromatic heterocycles. The van der Waals surface area contributed by atoms with Crippen LogP contribution < -0.4 is 0 Å². The second-order valence-corrected chi connectivity index (χ2v) is 3.35. The second kappa shape index (κ2) is 7.90. The molecule has 0 N–H and O–H groups in total. The van der Waals surface area contributed by atoms with E-state index in [9.17, 15) is 4.79 Å². The molecule has 0 heterocycles. The Kier molecular flexibility index (Phi) is 7.45. The molecular formula is C10H19O3. The van der Waals surface area contributed by atoms with Crippen molar-refractivity contribution in [2.45, 2.75) is 40.0 Å². The van der Waals surface area contributed by atoms with Crippen molar-refractivity contribution in [2.24, 2.45) is 5.92 Å². The smallest absolute Gasteiger partial charge is 0.434 e. The number of unbranched alkanes of at least 4 members (excludes halogenated alkanes) is 1. The highest BCUT2D eigenvalue weighted by Gasteiger charge is 2.03. The summed E-state index contributed by atoms with van der Waals surface area (Å²) in [6.45, 7) is 8.11. The highest BCUT2D eigenvalue weighted by Crippen LogP contribution is 2.01. The van der Waals surface area contributed by atoms with Crippen LogP contribution in [0.25, 0.3) is 0 Å². The van der Waals surface area contributed by atoms with E-state index in [1.54, 1.807) is 0 Å². The van der Waals surface area contributed by atoms with Gasteiger partial charge in [-0.1, -0.05) is 27.2 Å². The average Bonchev–Trinajstić information content (AvgIpc) is 2.04. The van der Waals surface area contributed by atoms with Crippen molar-refractivity contribution < 1.29 is 14.3 Å². The highest BCUT2D eigenvalue weighted by molar-refractivity contribution is 5.60. The predicted molar refractivity (Wildman–Crippen MR) is 51.1 cm³/mol. The third-order valence-electron chi connectivity index (χ3n) is 1.50. The van der Waals surface area contributed by atoms with Gasteiger partial charge in [-0.15, -0.1) is 0 Å². The van der Waals surface area contributed by atoms with Crippen molar-refractivity contribution in [1.29, 1.82) is 0 Å². The van der Waals surface area contributed by atoms with Crippen molar-refractivity contribution in [3.63, 3.8) is 0 Å². The molecule has 0 spiro atoms. The number of rotatable bonds is 6. The summed E-state index contributed by atoms with van der Waals surface area (Å²) < 4.78 is 9.49. The number of carbonyl (C=O) groups excluding carboxylic acids is 1. The summed E-state index contributed by atoms with van der Waals surface area (Å²) in [6, 6.07) is 0. The first-order valence-electron chi connectivity index (χ1n) is 4.82. The maximum absolute atomic E-state index is 10.8. The summed E-state index contributed by atoms with van der Waals surface area (Å²) in [5.41, 5.74) is 0. The van der Waals surface area contributed by atoms with Gasteiger partial charge in [0.05, 0.1) is 6.61 Å². The standard InChI is InChI=1S/C10H19O3/c1-4-5-7-12-10(11)13-8-6-9(2)3/h7,9H,4-6,8H2,1-3H3. The average molecular weight is 187 g/mol. The van der Waals surface area contributed by atoms with Crippen LogP contribution in [0.4, 0.5) is 4.79 Å². The fraction of sp³-hybridized carbons (Fsp3) is 0.800. The van der Waals surface area contributed by atoms with E-state index in [0.717, 1.165) is 19.3 Å². The van der Waals surface area contributed by atoms with Crippen LogP contribution in [0.5, 0.6) is 0 Å². The summed E-state index contributed by atoms with van der Waals surface area (Å²) in [4.78, 5) is 10.8. The van der Waals surface area contributed by atoms with Gasteiger partial charge in [-0.3, -0.25) is 0 Å². The van der Waals surface area contributed by atoms with E-state index >= 15 is 0 Å². The monoisotopic (exact) mass is 187 g/mol. The van der Waals surface area contributed by atoms with Crippen LogP contribution >= 0.6 is 0 Å². The minimum Gasteiger partial charge on any atom is -0.434 e. The summed E-state index contributed by atoms with van der Waals surface area (Å²) >= 11 is 0. The van der Waals surface area contributed by atoms with E-state index < -0.39 is 6.16 Å². The Hall–Kier alpha value is -0.730. The molecule has 0 bridgehead atoms. The molecule has 0 atom stereocenters. The molecule has 77 valence electrons. The molecule has 0 saturated heterocycles. The Balaban J connectivity index is 3.20. The quantitative estimate of drug-likeness (QED) is 0.473. The van der Waals surface area contributed by atoms with Crippen LogP contribution in [0, 0.1) is 12.5 Å². The van der Waals surface area contributed by atoms with Crippen molar-refractivity contribution in [3.05, 3.63) is 6.61 Å². The molecule has 0 rings (SSSR count). The summed E-state index contributed by atoms with van der Waals surface area (Å²) in [7, 11) is 0. The Labute approximate surface area is 80.4 Å². The molecule has 0 saturated carbocycles. The SMILES string of the molecule is CCC[CH]OC(=O)OCCC(C)C. The zero-order valence-corrected chi connectivity index (χ0v) is 8.71. The fourth-order valence-corrected chi connectivity index (χ4v) is 0.657. The molecule has 0 aliphatic carbocycles. The first kappa shape index (κ1) is 12.3. The van der Waals surface area contributed by atoms with Gasteiger partial charge in [0.15, 0.2) is 0 Å². The van der Waals surface area contributed by atoms with Gasteiger partial charge in [-0.05, 0) is 18.8 Å². The lowest BCUT2D eigenvalue weighted by molar-refractivity contribution is 0.0688. The zero-order valence-electron chi connectivity index (χ0n) is 8.71. The van der Waals surface area contributed by atoms with E-state index in [4.69, 9.17) is 4.74 Å². The number of hydrogen-bond acceptors (Lipinski definition) is 3. The first-order chi connectivity index (χ1) is 6.16. The third-order valence-corrected chi connectivity index (χ3v) is 1.50. The van der Waals surface area contributed by atoms with Crippen LogP contribution in [0.1, 0.15) is 40.0 Å². The van der Waals surface area contributed by atoms with Gasteiger partial charge in [0.1, 0.15) is 6.61 Å². The van der Waals surface area contributed by atoms with E-state index in [1.807, 2.05) is 6.92 Å². The third kappa shape index (κ3) is 9.18. The second-order valence-electron chi connectivity index (χ2n) is 3.35. The number of carbonyl (C=O) groups is 1. The fourth-order valence-electron chi connectivity index (χ4n) is 0.657. The zero-order chi connectivity index (χ0) is 10.1. The van der Waals surface area contributed by atoms with Crippen LogP contribution in [0.3, 0.4) is 0 Å². The first-order valence-corrected chi connectivity index (χ1v) is 4.82. The molecule has 0 aliphatic rings. The van der Waals surface area contributed by atoms with Gasteiger partial charge in [-0.2, -0.15) is 0 Å². The van der Waals surface area contributed by atoms with Gasteiger partial charge in [0, 0.05) is 0 Å². The molecule has 3 heteroatoms. The van der Waals surface area contributed by atoms with Crippen molar-refractivity contribution in [2.75, 3.05) is 6.61 Å². The molecule has 0 aromatic rings. The van der Waals surface area contributed by atoms with E-state index in [1.165, 1.54) is 6.61 Å². The lowest BCUT2D eigenvalue weighted by Gasteiger charge is -2.06. The Bertz CT molecular complexity index is 132. The Morgan fingerprint density at radius 1 is 1.46 bits per heavy atom. The number of ether oxygens (including phenoxy) is 2. The summed E-state index contributed by atoms with van der Waals surface area (Å²) in [6.07, 6.45) is 2.04. The Morgan fingerprint density at radius 3 is 2.69 bits per heavy atom. The molecular weight excluding hydrogens is 168 g/mol. The summed E-state index contributed by atoms with van der Waals surface area (Å²) in [5.74, 6) is 0.549. The van der Waals surface area contributed by atoms with Gasteiger partial charge in [0.25, 0.3) is 0 Å². The van der Waals surface area contributed by atoms with E-state index in [-0.39, 0.29) is 0 Å². The van der Waals surface area contributed by atoms with E-state index in [2.05, 4.69) is 18.6 Å². The van der Waals surface area contributed by atoms with Crippen LogP contribution in [-0.2, 0) is 9.47 Å². The van der Waals surface area contributed by atoms with Crippen molar-refractivity contribution in [1.82, 2.24) is 0 Å². The molecule has 0 aromatic carbocycles. The molecule has 0 fully saturated rings. The van der Waals surface area contributed by atoms with Gasteiger partial charge in [0.2, 0.25) is 0 Å².